The quantitative estimate of drug-likeness (QED) is 0.475. The Labute approximate surface area is 150 Å². The van der Waals surface area contributed by atoms with Gasteiger partial charge in [0.2, 0.25) is 0 Å². The van der Waals surface area contributed by atoms with Gasteiger partial charge in [0.1, 0.15) is 10.2 Å². The maximum Gasteiger partial charge on any atom is 0.274 e. The topological polar surface area (TPSA) is 18.1 Å². The van der Waals surface area contributed by atoms with Crippen LogP contribution in [0.4, 0.5) is 0 Å². The summed E-state index contributed by atoms with van der Waals surface area (Å²) in [4.78, 5) is 0.334. The highest BCUT2D eigenvalue weighted by atomic mass is 35.5. The van der Waals surface area contributed by atoms with Gasteiger partial charge in [-0.2, -0.15) is 0 Å². The highest BCUT2D eigenvalue weighted by Gasteiger charge is 2.09. The highest BCUT2D eigenvalue weighted by Crippen LogP contribution is 2.25. The summed E-state index contributed by atoms with van der Waals surface area (Å²) in [7, 11) is 0. The van der Waals surface area contributed by atoms with E-state index in [-0.39, 0.29) is 0 Å². The number of nitrogens with zero attached hydrogens (tertiary/aromatic N) is 1. The first-order valence-corrected chi connectivity index (χ1v) is 8.66. The largest absolute Gasteiger partial charge is 0.431 e. The molecule has 0 fully saturated rings. The molecule has 118 valence electrons. The third-order valence-electron chi connectivity index (χ3n) is 4.09. The summed E-state index contributed by atoms with van der Waals surface area (Å²) in [6.45, 7) is 4.40. The van der Waals surface area contributed by atoms with Crippen LogP contribution in [0.5, 0.6) is 0 Å². The van der Waals surface area contributed by atoms with Crippen molar-refractivity contribution in [1.82, 2.24) is 4.57 Å². The van der Waals surface area contributed by atoms with Crippen LogP contribution in [0.1, 0.15) is 31.7 Å². The van der Waals surface area contributed by atoms with Gasteiger partial charge in [0.15, 0.2) is 0 Å². The third-order valence-corrected chi connectivity index (χ3v) is 4.99. The van der Waals surface area contributed by atoms with E-state index in [0.717, 1.165) is 17.5 Å². The predicted molar refractivity (Wildman–Crippen MR) is 101 cm³/mol. The van der Waals surface area contributed by atoms with Crippen LogP contribution >= 0.6 is 36.0 Å². The van der Waals surface area contributed by atoms with Gasteiger partial charge in [0.05, 0.1) is 11.1 Å². The predicted octanol–water partition coefficient (Wildman–Crippen LogP) is 6.85. The number of benzene rings is 2. The molecule has 0 amide bonds. The lowest BCUT2D eigenvalue weighted by molar-refractivity contribution is 0.537. The van der Waals surface area contributed by atoms with E-state index in [2.05, 4.69) is 26.0 Å². The van der Waals surface area contributed by atoms with Crippen molar-refractivity contribution in [2.75, 3.05) is 0 Å². The molecule has 1 unspecified atom stereocenters. The van der Waals surface area contributed by atoms with Crippen molar-refractivity contribution >= 4 is 47.0 Å². The summed E-state index contributed by atoms with van der Waals surface area (Å²) in [5.74, 6) is 0.528. The van der Waals surface area contributed by atoms with Crippen LogP contribution in [0.25, 0.3) is 16.7 Å². The SMILES string of the molecule is CCC(C)c1ccc(-n2c(=S)oc3ccc(Cl)cc3c2=S)cc1. The molecule has 2 aromatic carbocycles. The molecule has 23 heavy (non-hydrogen) atoms. The molecule has 1 atom stereocenters. The molecule has 0 aliphatic carbocycles. The van der Waals surface area contributed by atoms with Crippen LogP contribution in [-0.4, -0.2) is 4.57 Å². The minimum Gasteiger partial charge on any atom is -0.431 e. The molecule has 5 heteroatoms. The first-order chi connectivity index (χ1) is 11.0. The fourth-order valence-corrected chi connectivity index (χ4v) is 3.38. The Morgan fingerprint density at radius 1 is 1.13 bits per heavy atom. The van der Waals surface area contributed by atoms with Gasteiger partial charge in [-0.25, -0.2) is 0 Å². The Kier molecular flexibility index (Phi) is 4.67. The van der Waals surface area contributed by atoms with Gasteiger partial charge < -0.3 is 4.42 Å². The molecule has 2 nitrogen and oxygen atoms in total. The van der Waals surface area contributed by atoms with Crippen LogP contribution in [0.2, 0.25) is 5.02 Å². The summed E-state index contributed by atoms with van der Waals surface area (Å²) >= 11 is 17.1. The molecule has 0 radical (unpaired) electrons. The normalized spacial score (nSPS) is 12.5. The van der Waals surface area contributed by atoms with Crippen molar-refractivity contribution in [3.05, 3.63) is 62.5 Å². The van der Waals surface area contributed by atoms with Crippen LogP contribution in [0.3, 0.4) is 0 Å². The molecule has 0 spiro atoms. The Balaban J connectivity index is 2.20. The highest BCUT2D eigenvalue weighted by molar-refractivity contribution is 7.72. The number of fused-ring (bicyclic) bond motifs is 1. The van der Waals surface area contributed by atoms with Crippen molar-refractivity contribution in [3.8, 4) is 5.69 Å². The van der Waals surface area contributed by atoms with E-state index in [1.165, 1.54) is 5.56 Å². The lowest BCUT2D eigenvalue weighted by atomic mass is 9.99. The Hall–Kier alpha value is -1.49. The number of halogens is 1. The van der Waals surface area contributed by atoms with Gasteiger partial charge in [-0.05, 0) is 60.5 Å². The maximum absolute atomic E-state index is 6.08. The molecule has 1 aromatic heterocycles. The van der Waals surface area contributed by atoms with E-state index in [1.54, 1.807) is 16.7 Å². The summed E-state index contributed by atoms with van der Waals surface area (Å²) in [5, 5.41) is 1.40. The summed E-state index contributed by atoms with van der Waals surface area (Å²) < 4.78 is 8.11. The van der Waals surface area contributed by atoms with Gasteiger partial charge in [0.25, 0.3) is 4.84 Å². The van der Waals surface area contributed by atoms with Gasteiger partial charge in [-0.1, -0.05) is 49.8 Å². The molecule has 1 heterocycles. The van der Waals surface area contributed by atoms with Gasteiger partial charge in [-0.3, -0.25) is 4.57 Å². The second kappa shape index (κ2) is 6.56. The molecule has 0 N–H and O–H groups in total. The minimum absolute atomic E-state index is 0.334. The molecule has 0 bridgehead atoms. The van der Waals surface area contributed by atoms with E-state index in [1.807, 2.05) is 18.2 Å². The van der Waals surface area contributed by atoms with Gasteiger partial charge in [0, 0.05) is 5.02 Å². The maximum atomic E-state index is 6.08. The van der Waals surface area contributed by atoms with E-state index < -0.39 is 0 Å². The summed E-state index contributed by atoms with van der Waals surface area (Å²) in [5.41, 5.74) is 2.85. The summed E-state index contributed by atoms with van der Waals surface area (Å²) in [6.07, 6.45) is 1.11. The molecular weight excluding hydrogens is 346 g/mol. The smallest absolute Gasteiger partial charge is 0.274 e. The number of hydrogen-bond donors (Lipinski definition) is 0. The van der Waals surface area contributed by atoms with Crippen molar-refractivity contribution < 1.29 is 4.42 Å². The standard InChI is InChI=1S/C18H16ClNOS2/c1-3-11(2)12-4-7-14(8-5-12)20-17(22)15-10-13(19)6-9-16(15)21-18(20)23/h4-11H,3H2,1-2H3. The van der Waals surface area contributed by atoms with Gasteiger partial charge >= 0.3 is 0 Å². The number of rotatable bonds is 3. The molecule has 0 saturated heterocycles. The van der Waals surface area contributed by atoms with Crippen LogP contribution in [0.15, 0.2) is 46.9 Å². The summed E-state index contributed by atoms with van der Waals surface area (Å²) in [6, 6.07) is 13.6. The van der Waals surface area contributed by atoms with E-state index >= 15 is 0 Å². The monoisotopic (exact) mass is 361 g/mol. The molecular formula is C18H16ClNOS2. The van der Waals surface area contributed by atoms with Crippen LogP contribution < -0.4 is 0 Å². The molecule has 0 aliphatic heterocycles. The lowest BCUT2D eigenvalue weighted by Gasteiger charge is -2.12. The molecule has 3 rings (SSSR count). The Bertz CT molecular complexity index is 973. The Morgan fingerprint density at radius 2 is 1.83 bits per heavy atom. The number of aromatic nitrogens is 1. The first-order valence-electron chi connectivity index (χ1n) is 7.47. The Morgan fingerprint density at radius 3 is 2.48 bits per heavy atom. The number of hydrogen-bond acceptors (Lipinski definition) is 3. The average Bonchev–Trinajstić information content (AvgIpc) is 2.55. The van der Waals surface area contributed by atoms with E-state index in [4.69, 9.17) is 40.5 Å². The second-order valence-electron chi connectivity index (χ2n) is 5.55. The third kappa shape index (κ3) is 3.11. The molecule has 0 aliphatic rings. The zero-order chi connectivity index (χ0) is 16.6. The molecule has 3 aromatic rings. The minimum atomic E-state index is 0.334. The zero-order valence-electron chi connectivity index (χ0n) is 12.9. The first kappa shape index (κ1) is 16.4. The molecule has 0 saturated carbocycles. The van der Waals surface area contributed by atoms with Crippen molar-refractivity contribution in [2.45, 2.75) is 26.2 Å². The van der Waals surface area contributed by atoms with Crippen molar-refractivity contribution in [1.29, 1.82) is 0 Å². The van der Waals surface area contributed by atoms with Crippen LogP contribution in [0, 0.1) is 9.48 Å². The zero-order valence-corrected chi connectivity index (χ0v) is 15.3. The van der Waals surface area contributed by atoms with E-state index in [0.29, 0.717) is 26.0 Å². The average molecular weight is 362 g/mol. The van der Waals surface area contributed by atoms with Crippen molar-refractivity contribution in [3.63, 3.8) is 0 Å². The van der Waals surface area contributed by atoms with Gasteiger partial charge in [-0.15, -0.1) is 0 Å². The van der Waals surface area contributed by atoms with Crippen LogP contribution in [-0.2, 0) is 0 Å². The fraction of sp³-hybridized carbons (Fsp3) is 0.222. The van der Waals surface area contributed by atoms with Crippen molar-refractivity contribution in [2.24, 2.45) is 0 Å². The second-order valence-corrected chi connectivity index (χ2v) is 6.72. The van der Waals surface area contributed by atoms with E-state index in [9.17, 15) is 0 Å². The fourth-order valence-electron chi connectivity index (χ4n) is 2.51. The lowest BCUT2D eigenvalue weighted by Crippen LogP contribution is -2.00.